The van der Waals surface area contributed by atoms with Crippen LogP contribution in [-0.4, -0.2) is 54.4 Å². The summed E-state index contributed by atoms with van der Waals surface area (Å²) in [6.07, 6.45) is 0.935. The third-order valence-electron chi connectivity index (χ3n) is 3.17. The summed E-state index contributed by atoms with van der Waals surface area (Å²) in [4.78, 5) is 24.1. The first-order valence-corrected chi connectivity index (χ1v) is 6.38. The molecule has 1 fully saturated rings. The van der Waals surface area contributed by atoms with Gasteiger partial charge in [0.05, 0.1) is 13.0 Å². The summed E-state index contributed by atoms with van der Waals surface area (Å²) in [6.45, 7) is 6.13. The molecule has 0 spiro atoms. The van der Waals surface area contributed by atoms with Crippen molar-refractivity contribution in [3.63, 3.8) is 0 Å². The first-order valence-electron chi connectivity index (χ1n) is 6.38. The van der Waals surface area contributed by atoms with Crippen LogP contribution in [0.3, 0.4) is 0 Å². The lowest BCUT2D eigenvalue weighted by Crippen LogP contribution is -2.46. The first kappa shape index (κ1) is 14.8. The SMILES string of the molecule is CCN(C(=O)NCC1CCOC1)C(C)CC(=O)O. The van der Waals surface area contributed by atoms with Crippen LogP contribution in [-0.2, 0) is 9.53 Å². The number of urea groups is 1. The van der Waals surface area contributed by atoms with E-state index in [9.17, 15) is 9.59 Å². The average Bonchev–Trinajstić information content (AvgIpc) is 2.79. The molecule has 104 valence electrons. The van der Waals surface area contributed by atoms with Crippen molar-refractivity contribution in [2.45, 2.75) is 32.7 Å². The van der Waals surface area contributed by atoms with Crippen LogP contribution in [0.1, 0.15) is 26.7 Å². The smallest absolute Gasteiger partial charge is 0.317 e. The van der Waals surface area contributed by atoms with Crippen molar-refractivity contribution in [3.05, 3.63) is 0 Å². The van der Waals surface area contributed by atoms with E-state index in [0.717, 1.165) is 13.0 Å². The number of nitrogens with zero attached hydrogens (tertiary/aromatic N) is 1. The van der Waals surface area contributed by atoms with Gasteiger partial charge in [-0.1, -0.05) is 0 Å². The largest absolute Gasteiger partial charge is 0.481 e. The molecule has 0 aliphatic carbocycles. The molecule has 6 heteroatoms. The van der Waals surface area contributed by atoms with Gasteiger partial charge in [-0.15, -0.1) is 0 Å². The molecule has 0 aromatic rings. The van der Waals surface area contributed by atoms with E-state index < -0.39 is 5.97 Å². The number of hydrogen-bond acceptors (Lipinski definition) is 3. The van der Waals surface area contributed by atoms with Crippen molar-refractivity contribution in [3.8, 4) is 0 Å². The Hall–Kier alpha value is -1.30. The molecule has 0 saturated carbocycles. The number of carbonyl (C=O) groups excluding carboxylic acids is 1. The number of carboxylic acids is 1. The van der Waals surface area contributed by atoms with Gasteiger partial charge in [-0.05, 0) is 20.3 Å². The molecule has 2 atom stereocenters. The molecule has 0 bridgehead atoms. The van der Waals surface area contributed by atoms with Gasteiger partial charge in [0.15, 0.2) is 0 Å². The highest BCUT2D eigenvalue weighted by Crippen LogP contribution is 2.11. The fraction of sp³-hybridized carbons (Fsp3) is 0.833. The van der Waals surface area contributed by atoms with E-state index >= 15 is 0 Å². The third-order valence-corrected chi connectivity index (χ3v) is 3.17. The molecule has 0 aromatic heterocycles. The van der Waals surface area contributed by atoms with E-state index in [2.05, 4.69) is 5.32 Å². The van der Waals surface area contributed by atoms with E-state index in [1.165, 1.54) is 0 Å². The maximum atomic E-state index is 11.9. The molecule has 0 aromatic carbocycles. The van der Waals surface area contributed by atoms with Crippen LogP contribution in [0.2, 0.25) is 0 Å². The number of ether oxygens (including phenoxy) is 1. The van der Waals surface area contributed by atoms with Gasteiger partial charge < -0.3 is 20.1 Å². The molecule has 1 heterocycles. The molecule has 1 aliphatic heterocycles. The third kappa shape index (κ3) is 4.52. The van der Waals surface area contributed by atoms with E-state index in [-0.39, 0.29) is 18.5 Å². The Bertz CT molecular complexity index is 290. The second-order valence-electron chi connectivity index (χ2n) is 4.65. The second-order valence-corrected chi connectivity index (χ2v) is 4.65. The van der Waals surface area contributed by atoms with Gasteiger partial charge in [-0.25, -0.2) is 4.79 Å². The minimum atomic E-state index is -0.891. The van der Waals surface area contributed by atoms with Crippen LogP contribution < -0.4 is 5.32 Å². The first-order chi connectivity index (χ1) is 8.54. The molecule has 0 radical (unpaired) electrons. The lowest BCUT2D eigenvalue weighted by molar-refractivity contribution is -0.138. The van der Waals surface area contributed by atoms with Crippen molar-refractivity contribution in [1.29, 1.82) is 0 Å². The van der Waals surface area contributed by atoms with Crippen LogP contribution in [0.5, 0.6) is 0 Å². The molecule has 6 nitrogen and oxygen atoms in total. The Morgan fingerprint density at radius 2 is 2.28 bits per heavy atom. The predicted molar refractivity (Wildman–Crippen MR) is 66.4 cm³/mol. The number of amides is 2. The van der Waals surface area contributed by atoms with Gasteiger partial charge >= 0.3 is 12.0 Å². The molecule has 2 N–H and O–H groups in total. The summed E-state index contributed by atoms with van der Waals surface area (Å²) in [7, 11) is 0. The zero-order valence-electron chi connectivity index (χ0n) is 11.0. The van der Waals surface area contributed by atoms with Crippen molar-refractivity contribution < 1.29 is 19.4 Å². The van der Waals surface area contributed by atoms with Gasteiger partial charge in [-0.3, -0.25) is 4.79 Å². The van der Waals surface area contributed by atoms with Gasteiger partial charge in [0, 0.05) is 31.7 Å². The summed E-state index contributed by atoms with van der Waals surface area (Å²) < 4.78 is 5.23. The molecular weight excluding hydrogens is 236 g/mol. The van der Waals surface area contributed by atoms with Crippen LogP contribution >= 0.6 is 0 Å². The molecule has 2 unspecified atom stereocenters. The number of aliphatic carboxylic acids is 1. The molecule has 1 saturated heterocycles. The highest BCUT2D eigenvalue weighted by atomic mass is 16.5. The molecular formula is C12H22N2O4. The van der Waals surface area contributed by atoms with Crippen molar-refractivity contribution in [2.75, 3.05) is 26.3 Å². The number of carbonyl (C=O) groups is 2. The van der Waals surface area contributed by atoms with Gasteiger partial charge in [-0.2, -0.15) is 0 Å². The fourth-order valence-corrected chi connectivity index (χ4v) is 2.10. The lowest BCUT2D eigenvalue weighted by atomic mass is 10.1. The summed E-state index contributed by atoms with van der Waals surface area (Å²) in [5.41, 5.74) is 0. The van der Waals surface area contributed by atoms with Gasteiger partial charge in [0.25, 0.3) is 0 Å². The van der Waals surface area contributed by atoms with Crippen LogP contribution in [0.4, 0.5) is 4.79 Å². The predicted octanol–water partition coefficient (Wildman–Crippen LogP) is 0.918. The Morgan fingerprint density at radius 1 is 1.56 bits per heavy atom. The molecule has 2 amide bonds. The zero-order chi connectivity index (χ0) is 13.5. The topological polar surface area (TPSA) is 78.9 Å². The van der Waals surface area contributed by atoms with Gasteiger partial charge in [0.1, 0.15) is 0 Å². The second kappa shape index (κ2) is 7.20. The van der Waals surface area contributed by atoms with E-state index in [0.29, 0.717) is 25.6 Å². The number of hydrogen-bond donors (Lipinski definition) is 2. The van der Waals surface area contributed by atoms with Crippen LogP contribution in [0, 0.1) is 5.92 Å². The maximum absolute atomic E-state index is 11.9. The Morgan fingerprint density at radius 3 is 2.78 bits per heavy atom. The Balaban J connectivity index is 2.37. The monoisotopic (exact) mass is 258 g/mol. The minimum absolute atomic E-state index is 0.0339. The van der Waals surface area contributed by atoms with Crippen molar-refractivity contribution in [2.24, 2.45) is 5.92 Å². The molecule has 18 heavy (non-hydrogen) atoms. The van der Waals surface area contributed by atoms with E-state index in [4.69, 9.17) is 9.84 Å². The molecule has 1 rings (SSSR count). The quantitative estimate of drug-likeness (QED) is 0.742. The highest BCUT2D eigenvalue weighted by Gasteiger charge is 2.22. The summed E-state index contributed by atoms with van der Waals surface area (Å²) in [6, 6.07) is -0.495. The lowest BCUT2D eigenvalue weighted by Gasteiger charge is -2.27. The maximum Gasteiger partial charge on any atom is 0.317 e. The van der Waals surface area contributed by atoms with Gasteiger partial charge in [0.2, 0.25) is 0 Å². The van der Waals surface area contributed by atoms with E-state index in [1.807, 2.05) is 6.92 Å². The van der Waals surface area contributed by atoms with Crippen molar-refractivity contribution >= 4 is 12.0 Å². The highest BCUT2D eigenvalue weighted by molar-refractivity contribution is 5.75. The normalized spacial score (nSPS) is 20.4. The fourth-order valence-electron chi connectivity index (χ4n) is 2.10. The molecule has 1 aliphatic rings. The van der Waals surface area contributed by atoms with Crippen LogP contribution in [0.25, 0.3) is 0 Å². The van der Waals surface area contributed by atoms with E-state index in [1.54, 1.807) is 11.8 Å². The summed E-state index contributed by atoms with van der Waals surface area (Å²) >= 11 is 0. The van der Waals surface area contributed by atoms with Crippen molar-refractivity contribution in [1.82, 2.24) is 10.2 Å². The van der Waals surface area contributed by atoms with Crippen LogP contribution in [0.15, 0.2) is 0 Å². The average molecular weight is 258 g/mol. The summed E-state index contributed by atoms with van der Waals surface area (Å²) in [5.74, 6) is -0.514. The minimum Gasteiger partial charge on any atom is -0.481 e. The zero-order valence-corrected chi connectivity index (χ0v) is 11.0. The summed E-state index contributed by atoms with van der Waals surface area (Å²) in [5, 5.41) is 11.6. The Kier molecular flexibility index (Phi) is 5.91. The number of rotatable bonds is 6. The number of carboxylic acid groups (broad SMARTS) is 1. The number of nitrogens with one attached hydrogen (secondary N) is 1. The standard InChI is InChI=1S/C12H22N2O4/c1-3-14(9(2)6-11(15)16)12(17)13-7-10-4-5-18-8-10/h9-10H,3-8H2,1-2H3,(H,13,17)(H,15,16). The Labute approximate surface area is 107 Å².